The molecule has 0 bridgehead atoms. The Bertz CT molecular complexity index is 1240. The third kappa shape index (κ3) is 7.78. The number of benzene rings is 3. The maximum atomic E-state index is 13.4. The standard InChI is InChI=1S/C33H39N4O3/c38-32(29-17-15-27(16-18-29)24-35-23-26-13-14-26)25-34-19-22-40-33(39)37(36-20-7-2-8-21-36)31-12-6-5-11-30(31)28-9-3-1-4-10-28/h1-6,9-12,15-18,26,34-35H,7-8,13-14,19-25H2. The number of Topliss-reactive ketones (excluding diaryl/α,β-unsaturated/α-hetero) is 1. The molecule has 0 atom stereocenters. The summed E-state index contributed by atoms with van der Waals surface area (Å²) in [5, 5.41) is 10.3. The van der Waals surface area contributed by atoms with Crippen molar-refractivity contribution in [1.29, 1.82) is 0 Å². The number of para-hydroxylation sites is 1. The molecule has 7 heteroatoms. The molecule has 7 nitrogen and oxygen atoms in total. The number of rotatable bonds is 13. The van der Waals surface area contributed by atoms with Crippen LogP contribution in [0.1, 0.15) is 41.6 Å². The third-order valence-corrected chi connectivity index (χ3v) is 7.38. The molecule has 2 fully saturated rings. The van der Waals surface area contributed by atoms with E-state index in [1.54, 1.807) is 5.01 Å². The second-order valence-electron chi connectivity index (χ2n) is 10.5. The predicted molar refractivity (Wildman–Crippen MR) is 159 cm³/mol. The zero-order valence-electron chi connectivity index (χ0n) is 23.1. The van der Waals surface area contributed by atoms with Gasteiger partial charge in [0, 0.05) is 37.3 Å². The predicted octanol–water partition coefficient (Wildman–Crippen LogP) is 5.48. The van der Waals surface area contributed by atoms with Gasteiger partial charge in [0.25, 0.3) is 0 Å². The summed E-state index contributed by atoms with van der Waals surface area (Å²) in [5.74, 6) is 0.870. The van der Waals surface area contributed by atoms with E-state index in [1.807, 2.05) is 78.9 Å². The van der Waals surface area contributed by atoms with E-state index in [9.17, 15) is 9.59 Å². The molecule has 1 amide bonds. The van der Waals surface area contributed by atoms with Crippen LogP contribution in [-0.2, 0) is 11.3 Å². The van der Waals surface area contributed by atoms with Crippen molar-refractivity contribution >= 4 is 17.6 Å². The molecule has 2 aliphatic rings. The van der Waals surface area contributed by atoms with Crippen LogP contribution < -0.4 is 15.6 Å². The molecular weight excluding hydrogens is 500 g/mol. The van der Waals surface area contributed by atoms with Crippen molar-refractivity contribution < 1.29 is 14.3 Å². The van der Waals surface area contributed by atoms with Gasteiger partial charge in [0.15, 0.2) is 5.78 Å². The molecule has 0 spiro atoms. The molecule has 1 heterocycles. The fourth-order valence-electron chi connectivity index (χ4n) is 4.95. The molecule has 0 aromatic heterocycles. The number of hydrogen-bond donors (Lipinski definition) is 2. The Kier molecular flexibility index (Phi) is 9.96. The van der Waals surface area contributed by atoms with Crippen LogP contribution in [0.15, 0.2) is 78.9 Å². The molecule has 1 saturated carbocycles. The Hall–Kier alpha value is -3.52. The van der Waals surface area contributed by atoms with Crippen LogP contribution in [0.3, 0.4) is 0 Å². The van der Waals surface area contributed by atoms with E-state index in [-0.39, 0.29) is 18.9 Å². The SMILES string of the molecule is O=C(CNCCOC(=O)N(c1ccccc1-c1ccccc1)N1CC[CH]CC1)c1ccc(CNCC2CC2)cc1. The molecular formula is C33H39N4O3. The molecule has 1 saturated heterocycles. The minimum Gasteiger partial charge on any atom is -0.447 e. The first-order chi connectivity index (χ1) is 19.7. The lowest BCUT2D eigenvalue weighted by molar-refractivity contribution is 0.0986. The molecule has 3 aromatic rings. The fourth-order valence-corrected chi connectivity index (χ4v) is 4.95. The minimum atomic E-state index is -0.413. The highest BCUT2D eigenvalue weighted by molar-refractivity contribution is 5.97. The van der Waals surface area contributed by atoms with E-state index in [0.29, 0.717) is 12.1 Å². The number of hydrazine groups is 1. The van der Waals surface area contributed by atoms with E-state index < -0.39 is 6.09 Å². The first-order valence-electron chi connectivity index (χ1n) is 14.4. The number of carbonyl (C=O) groups excluding carboxylic acids is 2. The first kappa shape index (κ1) is 28.0. The van der Waals surface area contributed by atoms with Crippen LogP contribution in [0.5, 0.6) is 0 Å². The van der Waals surface area contributed by atoms with Gasteiger partial charge in [0.1, 0.15) is 6.61 Å². The monoisotopic (exact) mass is 539 g/mol. The van der Waals surface area contributed by atoms with Crippen LogP contribution in [0, 0.1) is 12.3 Å². The average molecular weight is 540 g/mol. The summed E-state index contributed by atoms with van der Waals surface area (Å²) >= 11 is 0. The van der Waals surface area contributed by atoms with Crippen molar-refractivity contribution in [3.05, 3.63) is 96.4 Å². The van der Waals surface area contributed by atoms with E-state index >= 15 is 0 Å². The number of amides is 1. The number of anilines is 1. The van der Waals surface area contributed by atoms with Gasteiger partial charge in [0.05, 0.1) is 12.2 Å². The summed E-state index contributed by atoms with van der Waals surface area (Å²) in [4.78, 5) is 26.1. The van der Waals surface area contributed by atoms with Gasteiger partial charge in [-0.25, -0.2) is 14.8 Å². The van der Waals surface area contributed by atoms with Crippen LogP contribution in [0.2, 0.25) is 0 Å². The fraction of sp³-hybridized carbons (Fsp3) is 0.364. The average Bonchev–Trinajstić information content (AvgIpc) is 3.83. The van der Waals surface area contributed by atoms with E-state index in [1.165, 1.54) is 18.4 Å². The Morgan fingerprint density at radius 2 is 1.60 bits per heavy atom. The Balaban J connectivity index is 1.13. The lowest BCUT2D eigenvalue weighted by Gasteiger charge is -2.37. The van der Waals surface area contributed by atoms with Gasteiger partial charge in [-0.05, 0) is 61.8 Å². The van der Waals surface area contributed by atoms with Crippen LogP contribution in [-0.4, -0.2) is 56.2 Å². The minimum absolute atomic E-state index is 0.0202. The molecule has 3 aromatic carbocycles. The molecule has 1 radical (unpaired) electrons. The van der Waals surface area contributed by atoms with Crippen molar-refractivity contribution in [2.24, 2.45) is 5.92 Å². The molecule has 40 heavy (non-hydrogen) atoms. The second kappa shape index (κ2) is 14.2. The smallest absolute Gasteiger partial charge is 0.429 e. The summed E-state index contributed by atoms with van der Waals surface area (Å²) in [6.07, 6.45) is 6.35. The quantitative estimate of drug-likeness (QED) is 0.221. The van der Waals surface area contributed by atoms with Gasteiger partial charge in [0.2, 0.25) is 0 Å². The Morgan fingerprint density at radius 1 is 0.875 bits per heavy atom. The van der Waals surface area contributed by atoms with Gasteiger partial charge in [-0.1, -0.05) is 72.8 Å². The molecule has 1 aliphatic heterocycles. The van der Waals surface area contributed by atoms with Gasteiger partial charge in [-0.3, -0.25) is 4.79 Å². The lowest BCUT2D eigenvalue weighted by Crippen LogP contribution is -2.50. The van der Waals surface area contributed by atoms with Gasteiger partial charge < -0.3 is 15.4 Å². The number of carbonyl (C=O) groups is 2. The van der Waals surface area contributed by atoms with Crippen molar-refractivity contribution in [2.75, 3.05) is 44.3 Å². The Labute approximate surface area is 237 Å². The number of piperidine rings is 1. The van der Waals surface area contributed by atoms with Gasteiger partial charge in [-0.15, -0.1) is 0 Å². The topological polar surface area (TPSA) is 73.9 Å². The molecule has 209 valence electrons. The number of nitrogens with zero attached hydrogens (tertiary/aromatic N) is 2. The van der Waals surface area contributed by atoms with Crippen LogP contribution in [0.4, 0.5) is 10.5 Å². The lowest BCUT2D eigenvalue weighted by atomic mass is 10.0. The number of nitrogens with one attached hydrogen (secondary N) is 2. The highest BCUT2D eigenvalue weighted by Crippen LogP contribution is 2.33. The Morgan fingerprint density at radius 3 is 2.35 bits per heavy atom. The van der Waals surface area contributed by atoms with Crippen molar-refractivity contribution in [3.63, 3.8) is 0 Å². The molecule has 0 unspecified atom stereocenters. The van der Waals surface area contributed by atoms with E-state index in [4.69, 9.17) is 4.74 Å². The largest absolute Gasteiger partial charge is 0.447 e. The van der Waals surface area contributed by atoms with Crippen molar-refractivity contribution in [2.45, 2.75) is 32.2 Å². The highest BCUT2D eigenvalue weighted by atomic mass is 16.6. The zero-order valence-corrected chi connectivity index (χ0v) is 23.1. The third-order valence-electron chi connectivity index (χ3n) is 7.38. The first-order valence-corrected chi connectivity index (χ1v) is 14.4. The second-order valence-corrected chi connectivity index (χ2v) is 10.5. The van der Waals surface area contributed by atoms with Crippen LogP contribution in [0.25, 0.3) is 11.1 Å². The van der Waals surface area contributed by atoms with E-state index in [2.05, 4.69) is 22.1 Å². The summed E-state index contributed by atoms with van der Waals surface area (Å²) in [7, 11) is 0. The van der Waals surface area contributed by atoms with Crippen LogP contribution >= 0.6 is 0 Å². The normalized spacial score (nSPS) is 15.5. The molecule has 2 N–H and O–H groups in total. The van der Waals surface area contributed by atoms with Gasteiger partial charge >= 0.3 is 6.09 Å². The van der Waals surface area contributed by atoms with Crippen molar-refractivity contribution in [1.82, 2.24) is 15.6 Å². The molecule has 1 aliphatic carbocycles. The maximum absolute atomic E-state index is 13.4. The van der Waals surface area contributed by atoms with E-state index in [0.717, 1.165) is 61.8 Å². The maximum Gasteiger partial charge on any atom is 0.429 e. The summed E-state index contributed by atoms with van der Waals surface area (Å²) in [6.45, 7) is 4.16. The molecule has 5 rings (SSSR count). The number of ketones is 1. The summed E-state index contributed by atoms with van der Waals surface area (Å²) in [5.41, 5.74) is 4.68. The van der Waals surface area contributed by atoms with Gasteiger partial charge in [-0.2, -0.15) is 0 Å². The number of ether oxygens (including phenoxy) is 1. The van der Waals surface area contributed by atoms with Crippen molar-refractivity contribution in [3.8, 4) is 11.1 Å². The zero-order chi connectivity index (χ0) is 27.6. The summed E-state index contributed by atoms with van der Waals surface area (Å²) in [6, 6.07) is 25.8. The number of hydrogen-bond acceptors (Lipinski definition) is 6. The highest BCUT2D eigenvalue weighted by Gasteiger charge is 2.28. The summed E-state index contributed by atoms with van der Waals surface area (Å²) < 4.78 is 5.72.